The molecule has 2 N–H and O–H groups in total. The van der Waals surface area contributed by atoms with E-state index in [4.69, 9.17) is 17.3 Å². The average Bonchev–Trinajstić information content (AvgIpc) is 2.34. The van der Waals surface area contributed by atoms with Crippen LogP contribution in [0.25, 0.3) is 0 Å². The van der Waals surface area contributed by atoms with Crippen LogP contribution in [-0.4, -0.2) is 4.98 Å². The molecule has 0 aromatic carbocycles. The van der Waals surface area contributed by atoms with Crippen molar-refractivity contribution in [3.63, 3.8) is 0 Å². The molecule has 0 atom stereocenters. The quantitative estimate of drug-likeness (QED) is 0.704. The van der Waals surface area contributed by atoms with Crippen LogP contribution in [0.3, 0.4) is 0 Å². The van der Waals surface area contributed by atoms with Crippen LogP contribution >= 0.6 is 11.6 Å². The number of aromatic nitrogens is 1. The Morgan fingerprint density at radius 1 is 1.07 bits per heavy atom. The van der Waals surface area contributed by atoms with Gasteiger partial charge in [-0.25, -0.2) is 4.98 Å². The van der Waals surface area contributed by atoms with E-state index in [0.717, 1.165) is 5.56 Å². The fourth-order valence-electron chi connectivity index (χ4n) is 0.527. The molecule has 0 radical (unpaired) electrons. The van der Waals surface area contributed by atoms with Gasteiger partial charge in [-0.15, -0.1) is 0 Å². The van der Waals surface area contributed by atoms with Crippen LogP contribution in [0.2, 0.25) is 5.02 Å². The first-order chi connectivity index (χ1) is 7.22. The standard InChI is InChI=1S/C6H7ClN2.3C2H6/c1-4-5(7)2-3-9-6(4)8;3*1-2/h2-3H,1H3,(H2,8,9);3*1-2H3. The Bertz CT molecular complexity index is 205. The van der Waals surface area contributed by atoms with E-state index in [2.05, 4.69) is 4.98 Å². The topological polar surface area (TPSA) is 38.9 Å². The van der Waals surface area contributed by atoms with Crippen molar-refractivity contribution in [3.8, 4) is 0 Å². The van der Waals surface area contributed by atoms with Crippen molar-refractivity contribution < 1.29 is 0 Å². The van der Waals surface area contributed by atoms with Crippen LogP contribution in [0, 0.1) is 6.92 Å². The zero-order valence-corrected chi connectivity index (χ0v) is 11.8. The highest BCUT2D eigenvalue weighted by Crippen LogP contribution is 2.16. The van der Waals surface area contributed by atoms with Crippen LogP contribution < -0.4 is 5.73 Å². The van der Waals surface area contributed by atoms with E-state index in [1.807, 2.05) is 48.5 Å². The summed E-state index contributed by atoms with van der Waals surface area (Å²) in [5, 5.41) is 0.669. The highest BCUT2D eigenvalue weighted by atomic mass is 35.5. The van der Waals surface area contributed by atoms with Crippen LogP contribution in [0.1, 0.15) is 47.1 Å². The number of rotatable bonds is 0. The summed E-state index contributed by atoms with van der Waals surface area (Å²) in [6.45, 7) is 13.8. The molecule has 1 aromatic heterocycles. The summed E-state index contributed by atoms with van der Waals surface area (Å²) >= 11 is 5.69. The second-order valence-corrected chi connectivity index (χ2v) is 2.21. The number of pyridine rings is 1. The van der Waals surface area contributed by atoms with E-state index in [1.54, 1.807) is 12.3 Å². The van der Waals surface area contributed by atoms with Crippen LogP contribution in [-0.2, 0) is 0 Å². The predicted octanol–water partition coefficient (Wildman–Crippen LogP) is 4.70. The third-order valence-electron chi connectivity index (χ3n) is 1.18. The molecule has 0 unspecified atom stereocenters. The van der Waals surface area contributed by atoms with Crippen molar-refractivity contribution in [1.82, 2.24) is 4.98 Å². The number of halogens is 1. The van der Waals surface area contributed by atoms with Gasteiger partial charge < -0.3 is 5.73 Å². The van der Waals surface area contributed by atoms with Gasteiger partial charge in [-0.1, -0.05) is 53.1 Å². The first-order valence-corrected chi connectivity index (χ1v) is 5.96. The zero-order valence-electron chi connectivity index (χ0n) is 11.1. The number of anilines is 1. The fourth-order valence-corrected chi connectivity index (χ4v) is 0.680. The molecule has 0 spiro atoms. The Morgan fingerprint density at radius 2 is 1.47 bits per heavy atom. The van der Waals surface area contributed by atoms with E-state index in [-0.39, 0.29) is 0 Å². The Balaban J connectivity index is -0.000000208. The first kappa shape index (κ1) is 19.8. The molecule has 1 rings (SSSR count). The molecule has 0 amide bonds. The minimum atomic E-state index is 0.502. The summed E-state index contributed by atoms with van der Waals surface area (Å²) in [5.74, 6) is 0.502. The van der Waals surface area contributed by atoms with Crippen molar-refractivity contribution in [1.29, 1.82) is 0 Å². The third kappa shape index (κ3) is 9.54. The summed E-state index contributed by atoms with van der Waals surface area (Å²) in [4.78, 5) is 3.83. The van der Waals surface area contributed by atoms with Crippen molar-refractivity contribution in [2.75, 3.05) is 5.73 Å². The summed E-state index contributed by atoms with van der Waals surface area (Å²) in [7, 11) is 0. The van der Waals surface area contributed by atoms with Gasteiger partial charge in [-0.05, 0) is 13.0 Å². The van der Waals surface area contributed by atoms with E-state index in [1.165, 1.54) is 0 Å². The molecule has 1 aromatic rings. The molecule has 0 saturated heterocycles. The number of hydrogen-bond donors (Lipinski definition) is 1. The summed E-state index contributed by atoms with van der Waals surface area (Å²) in [5.41, 5.74) is 6.27. The Morgan fingerprint density at radius 3 is 1.73 bits per heavy atom. The lowest BCUT2D eigenvalue weighted by molar-refractivity contribution is 1.28. The number of nitrogens with zero attached hydrogens (tertiary/aromatic N) is 1. The molecule has 0 aliphatic heterocycles. The van der Waals surface area contributed by atoms with Gasteiger partial charge in [0.1, 0.15) is 5.82 Å². The number of nitrogens with two attached hydrogens (primary N) is 1. The molecule has 0 saturated carbocycles. The van der Waals surface area contributed by atoms with E-state index < -0.39 is 0 Å². The maximum absolute atomic E-state index is 5.69. The van der Waals surface area contributed by atoms with Crippen molar-refractivity contribution in [3.05, 3.63) is 22.8 Å². The maximum atomic E-state index is 5.69. The van der Waals surface area contributed by atoms with E-state index >= 15 is 0 Å². The highest BCUT2D eigenvalue weighted by molar-refractivity contribution is 6.31. The van der Waals surface area contributed by atoms with Gasteiger partial charge in [-0.2, -0.15) is 0 Å². The maximum Gasteiger partial charge on any atom is 0.127 e. The van der Waals surface area contributed by atoms with Gasteiger partial charge >= 0.3 is 0 Å². The SMILES string of the molecule is CC.CC.CC.Cc1c(Cl)ccnc1N. The van der Waals surface area contributed by atoms with Crippen LogP contribution in [0.5, 0.6) is 0 Å². The molecule has 0 fully saturated rings. The average molecular weight is 233 g/mol. The molecule has 1 heterocycles. The lowest BCUT2D eigenvalue weighted by Crippen LogP contribution is -1.92. The van der Waals surface area contributed by atoms with Gasteiger partial charge in [0.2, 0.25) is 0 Å². The fraction of sp³-hybridized carbons (Fsp3) is 0.583. The zero-order chi connectivity index (χ0) is 12.9. The van der Waals surface area contributed by atoms with Crippen LogP contribution in [0.4, 0.5) is 5.82 Å². The number of hydrogen-bond acceptors (Lipinski definition) is 2. The van der Waals surface area contributed by atoms with Gasteiger partial charge in [0.15, 0.2) is 0 Å². The van der Waals surface area contributed by atoms with Crippen molar-refractivity contribution in [2.45, 2.75) is 48.5 Å². The molecular formula is C12H25ClN2. The second kappa shape index (κ2) is 15.7. The summed E-state index contributed by atoms with van der Waals surface area (Å²) in [6, 6.07) is 1.72. The summed E-state index contributed by atoms with van der Waals surface area (Å²) < 4.78 is 0. The molecule has 0 aliphatic rings. The number of nitrogen functional groups attached to an aromatic ring is 1. The first-order valence-electron chi connectivity index (χ1n) is 5.58. The highest BCUT2D eigenvalue weighted by Gasteiger charge is 1.96. The largest absolute Gasteiger partial charge is 0.383 e. The van der Waals surface area contributed by atoms with E-state index in [9.17, 15) is 0 Å². The summed E-state index contributed by atoms with van der Waals surface area (Å²) in [6.07, 6.45) is 1.59. The monoisotopic (exact) mass is 232 g/mol. The molecule has 0 aliphatic carbocycles. The van der Waals surface area contributed by atoms with Crippen molar-refractivity contribution in [2.24, 2.45) is 0 Å². The minimum Gasteiger partial charge on any atom is -0.383 e. The van der Waals surface area contributed by atoms with Gasteiger partial charge in [0.05, 0.1) is 0 Å². The molecule has 3 heteroatoms. The molecular weight excluding hydrogens is 208 g/mol. The minimum absolute atomic E-state index is 0.502. The lowest BCUT2D eigenvalue weighted by Gasteiger charge is -1.97. The second-order valence-electron chi connectivity index (χ2n) is 1.80. The Kier molecular flexibility index (Phi) is 20.7. The van der Waals surface area contributed by atoms with Gasteiger partial charge in [0.25, 0.3) is 0 Å². The van der Waals surface area contributed by atoms with E-state index in [0.29, 0.717) is 10.8 Å². The Labute approximate surface area is 99.9 Å². The normalized spacial score (nSPS) is 6.93. The smallest absolute Gasteiger partial charge is 0.127 e. The molecule has 15 heavy (non-hydrogen) atoms. The molecule has 90 valence electrons. The van der Waals surface area contributed by atoms with Gasteiger partial charge in [0, 0.05) is 16.8 Å². The van der Waals surface area contributed by atoms with Crippen molar-refractivity contribution >= 4 is 17.4 Å². The molecule has 2 nitrogen and oxygen atoms in total. The van der Waals surface area contributed by atoms with Gasteiger partial charge in [-0.3, -0.25) is 0 Å². The predicted molar refractivity (Wildman–Crippen MR) is 72.4 cm³/mol. The van der Waals surface area contributed by atoms with Crippen LogP contribution in [0.15, 0.2) is 12.3 Å². The lowest BCUT2D eigenvalue weighted by atomic mass is 10.3. The third-order valence-corrected chi connectivity index (χ3v) is 1.59. The Hall–Kier alpha value is -0.760. The molecule has 0 bridgehead atoms.